The predicted molar refractivity (Wildman–Crippen MR) is 59.9 cm³/mol. The molecule has 86 valence electrons. The zero-order valence-electron chi connectivity index (χ0n) is 9.53. The number of rotatable bonds is 2. The summed E-state index contributed by atoms with van der Waals surface area (Å²) in [6.07, 6.45) is 2.31. The largest absolute Gasteiger partial charge is 0.478 e. The van der Waals surface area contributed by atoms with Crippen molar-refractivity contribution in [1.29, 1.82) is 0 Å². The van der Waals surface area contributed by atoms with Gasteiger partial charge in [0.25, 0.3) is 0 Å². The van der Waals surface area contributed by atoms with Gasteiger partial charge in [-0.15, -0.1) is 0 Å². The maximum absolute atomic E-state index is 11.0. The minimum absolute atomic E-state index is 0.225. The molecule has 0 amide bonds. The molecule has 1 N–H and O–H groups in total. The fourth-order valence-corrected chi connectivity index (χ4v) is 2.07. The Balaban J connectivity index is 2.40. The van der Waals surface area contributed by atoms with E-state index in [1.165, 1.54) is 0 Å². The first-order chi connectivity index (χ1) is 7.59. The van der Waals surface area contributed by atoms with Crippen LogP contribution in [-0.2, 0) is 0 Å². The molecule has 0 aromatic carbocycles. The summed E-state index contributed by atoms with van der Waals surface area (Å²) in [5.74, 6) is -0.291. The van der Waals surface area contributed by atoms with Crippen molar-refractivity contribution in [2.45, 2.75) is 26.7 Å². The maximum Gasteiger partial charge on any atom is 0.339 e. The van der Waals surface area contributed by atoms with Crippen LogP contribution in [0.5, 0.6) is 0 Å². The van der Waals surface area contributed by atoms with Crippen LogP contribution in [0.1, 0.15) is 34.6 Å². The zero-order chi connectivity index (χ0) is 11.7. The Morgan fingerprint density at radius 3 is 2.12 bits per heavy atom. The first-order valence-corrected chi connectivity index (χ1v) is 5.43. The molecule has 0 bridgehead atoms. The number of aromatic carboxylic acids is 1. The standard InChI is InChI=1S/C11H15N3O2/c1-7-9(10(15)16)8(2)13-11(12-7)14-5-3-4-6-14/h3-6H2,1-2H3,(H,15,16). The third-order valence-electron chi connectivity index (χ3n) is 2.86. The smallest absolute Gasteiger partial charge is 0.339 e. The average Bonchev–Trinajstić information content (AvgIpc) is 2.67. The summed E-state index contributed by atoms with van der Waals surface area (Å²) in [5.41, 5.74) is 1.31. The van der Waals surface area contributed by atoms with E-state index in [4.69, 9.17) is 5.11 Å². The van der Waals surface area contributed by atoms with Crippen LogP contribution in [0.4, 0.5) is 5.95 Å². The van der Waals surface area contributed by atoms with Crippen LogP contribution >= 0.6 is 0 Å². The molecule has 0 saturated carbocycles. The van der Waals surface area contributed by atoms with Crippen LogP contribution in [0.3, 0.4) is 0 Å². The van der Waals surface area contributed by atoms with E-state index < -0.39 is 5.97 Å². The van der Waals surface area contributed by atoms with Crippen molar-refractivity contribution >= 4 is 11.9 Å². The molecule has 2 rings (SSSR count). The summed E-state index contributed by atoms with van der Waals surface area (Å²) >= 11 is 0. The molecule has 1 aliphatic rings. The molecule has 1 fully saturated rings. The van der Waals surface area contributed by atoms with Gasteiger partial charge < -0.3 is 10.0 Å². The summed E-state index contributed by atoms with van der Waals surface area (Å²) in [6.45, 7) is 5.37. The van der Waals surface area contributed by atoms with Gasteiger partial charge in [0.1, 0.15) is 5.56 Å². The van der Waals surface area contributed by atoms with Gasteiger partial charge in [-0.1, -0.05) is 0 Å². The van der Waals surface area contributed by atoms with E-state index in [0.717, 1.165) is 25.9 Å². The Labute approximate surface area is 94.1 Å². The molecule has 1 aromatic rings. The number of hydrogen-bond donors (Lipinski definition) is 1. The fourth-order valence-electron chi connectivity index (χ4n) is 2.07. The van der Waals surface area contributed by atoms with Gasteiger partial charge in [0.15, 0.2) is 0 Å². The number of anilines is 1. The highest BCUT2D eigenvalue weighted by Gasteiger charge is 2.19. The Morgan fingerprint density at radius 2 is 1.69 bits per heavy atom. The Kier molecular flexibility index (Phi) is 2.77. The SMILES string of the molecule is Cc1nc(N2CCCC2)nc(C)c1C(=O)O. The lowest BCUT2D eigenvalue weighted by atomic mass is 10.2. The number of nitrogens with zero attached hydrogens (tertiary/aromatic N) is 3. The number of carboxylic acid groups (broad SMARTS) is 1. The van der Waals surface area contributed by atoms with Crippen LogP contribution in [0.2, 0.25) is 0 Å². The van der Waals surface area contributed by atoms with Gasteiger partial charge in [-0.05, 0) is 26.7 Å². The summed E-state index contributed by atoms with van der Waals surface area (Å²) in [6, 6.07) is 0. The minimum atomic E-state index is -0.956. The topological polar surface area (TPSA) is 66.3 Å². The summed E-state index contributed by atoms with van der Waals surface area (Å²) < 4.78 is 0. The Morgan fingerprint density at radius 1 is 1.19 bits per heavy atom. The van der Waals surface area contributed by atoms with Crippen molar-refractivity contribution in [3.8, 4) is 0 Å². The molecule has 1 aliphatic heterocycles. The summed E-state index contributed by atoms with van der Waals surface area (Å²) in [5, 5.41) is 9.01. The zero-order valence-corrected chi connectivity index (χ0v) is 9.53. The van der Waals surface area contributed by atoms with Crippen LogP contribution in [0.25, 0.3) is 0 Å². The highest BCUT2D eigenvalue weighted by atomic mass is 16.4. The van der Waals surface area contributed by atoms with Gasteiger partial charge in [0.05, 0.1) is 11.4 Å². The second-order valence-corrected chi connectivity index (χ2v) is 4.07. The van der Waals surface area contributed by atoms with Crippen molar-refractivity contribution in [3.63, 3.8) is 0 Å². The van der Waals surface area contributed by atoms with E-state index in [0.29, 0.717) is 17.3 Å². The van der Waals surface area contributed by atoms with Crippen LogP contribution < -0.4 is 4.90 Å². The third-order valence-corrected chi connectivity index (χ3v) is 2.86. The molecule has 0 atom stereocenters. The first-order valence-electron chi connectivity index (χ1n) is 5.43. The molecular formula is C11H15N3O2. The highest BCUT2D eigenvalue weighted by molar-refractivity contribution is 5.90. The Bertz CT molecular complexity index is 402. The monoisotopic (exact) mass is 221 g/mol. The molecule has 0 unspecified atom stereocenters. The molecule has 0 aliphatic carbocycles. The third kappa shape index (κ3) is 1.85. The lowest BCUT2D eigenvalue weighted by Crippen LogP contribution is -2.22. The fraction of sp³-hybridized carbons (Fsp3) is 0.545. The Hall–Kier alpha value is -1.65. The molecule has 0 spiro atoms. The van der Waals surface area contributed by atoms with Crippen molar-refractivity contribution in [3.05, 3.63) is 17.0 Å². The maximum atomic E-state index is 11.0. The quantitative estimate of drug-likeness (QED) is 0.817. The number of carboxylic acids is 1. The predicted octanol–water partition coefficient (Wildman–Crippen LogP) is 1.39. The van der Waals surface area contributed by atoms with E-state index in [2.05, 4.69) is 14.9 Å². The van der Waals surface area contributed by atoms with Gasteiger partial charge in [0, 0.05) is 13.1 Å². The minimum Gasteiger partial charge on any atom is -0.478 e. The molecule has 5 nitrogen and oxygen atoms in total. The van der Waals surface area contributed by atoms with Crippen LogP contribution in [0, 0.1) is 13.8 Å². The van der Waals surface area contributed by atoms with Gasteiger partial charge in [0.2, 0.25) is 5.95 Å². The first kappa shape index (κ1) is 10.9. The van der Waals surface area contributed by atoms with Crippen molar-refractivity contribution in [1.82, 2.24) is 9.97 Å². The number of aromatic nitrogens is 2. The lowest BCUT2D eigenvalue weighted by molar-refractivity contribution is 0.0694. The average molecular weight is 221 g/mol. The van der Waals surface area contributed by atoms with Crippen molar-refractivity contribution in [2.24, 2.45) is 0 Å². The van der Waals surface area contributed by atoms with E-state index >= 15 is 0 Å². The van der Waals surface area contributed by atoms with Crippen LogP contribution in [0.15, 0.2) is 0 Å². The number of carbonyl (C=O) groups is 1. The molecule has 16 heavy (non-hydrogen) atoms. The van der Waals surface area contributed by atoms with Crippen molar-refractivity contribution in [2.75, 3.05) is 18.0 Å². The van der Waals surface area contributed by atoms with E-state index in [-0.39, 0.29) is 5.56 Å². The van der Waals surface area contributed by atoms with Gasteiger partial charge in [-0.2, -0.15) is 0 Å². The molecule has 1 aromatic heterocycles. The molecule has 0 radical (unpaired) electrons. The van der Waals surface area contributed by atoms with E-state index in [1.54, 1.807) is 13.8 Å². The van der Waals surface area contributed by atoms with Crippen LogP contribution in [-0.4, -0.2) is 34.1 Å². The molecule has 5 heteroatoms. The van der Waals surface area contributed by atoms with E-state index in [1.807, 2.05) is 0 Å². The lowest BCUT2D eigenvalue weighted by Gasteiger charge is -2.16. The number of aryl methyl sites for hydroxylation is 2. The summed E-state index contributed by atoms with van der Waals surface area (Å²) in [4.78, 5) is 21.6. The second-order valence-electron chi connectivity index (χ2n) is 4.07. The molecule has 1 saturated heterocycles. The van der Waals surface area contributed by atoms with E-state index in [9.17, 15) is 4.79 Å². The van der Waals surface area contributed by atoms with Gasteiger partial charge >= 0.3 is 5.97 Å². The summed E-state index contributed by atoms with van der Waals surface area (Å²) in [7, 11) is 0. The van der Waals surface area contributed by atoms with Crippen molar-refractivity contribution < 1.29 is 9.90 Å². The van der Waals surface area contributed by atoms with Gasteiger partial charge in [-0.3, -0.25) is 0 Å². The molecule has 2 heterocycles. The second kappa shape index (κ2) is 4.08. The molecular weight excluding hydrogens is 206 g/mol. The number of hydrogen-bond acceptors (Lipinski definition) is 4. The highest BCUT2D eigenvalue weighted by Crippen LogP contribution is 2.19. The normalized spacial score (nSPS) is 15.5. The van der Waals surface area contributed by atoms with Gasteiger partial charge in [-0.25, -0.2) is 14.8 Å².